The van der Waals surface area contributed by atoms with Crippen LogP contribution in [0.3, 0.4) is 0 Å². The minimum atomic E-state index is -4.45. The van der Waals surface area contributed by atoms with Crippen LogP contribution in [0, 0.1) is 5.92 Å². The lowest BCUT2D eigenvalue weighted by molar-refractivity contribution is -0.150. The number of rotatable bonds is 7. The van der Waals surface area contributed by atoms with Crippen molar-refractivity contribution in [3.8, 4) is 11.1 Å². The molecule has 2 fully saturated rings. The fraction of sp³-hybridized carbons (Fsp3) is 0.393. The van der Waals surface area contributed by atoms with Crippen LogP contribution in [0.1, 0.15) is 39.5 Å². The molecule has 0 unspecified atom stereocenters. The molecule has 0 bridgehead atoms. The van der Waals surface area contributed by atoms with E-state index in [-0.39, 0.29) is 30.3 Å². The number of thiazole rings is 1. The van der Waals surface area contributed by atoms with E-state index in [0.717, 1.165) is 17.7 Å². The van der Waals surface area contributed by atoms with Gasteiger partial charge in [-0.2, -0.15) is 13.2 Å². The Hall–Kier alpha value is -3.48. The van der Waals surface area contributed by atoms with Crippen LogP contribution in [-0.2, 0) is 22.3 Å². The summed E-state index contributed by atoms with van der Waals surface area (Å²) in [5.41, 5.74) is 7.49. The molecule has 2 aliphatic rings. The summed E-state index contributed by atoms with van der Waals surface area (Å²) in [6.07, 6.45) is -4.45. The minimum absolute atomic E-state index is 0.0247. The molecule has 3 aromatic rings. The number of piperazine rings is 1. The average molecular weight is 574 g/mol. The first-order valence-corrected chi connectivity index (χ1v) is 13.9. The van der Waals surface area contributed by atoms with Crippen molar-refractivity contribution in [1.29, 1.82) is 0 Å². The number of nitrogens with zero attached hydrogens (tertiary/aromatic N) is 3. The van der Waals surface area contributed by atoms with Crippen LogP contribution in [0.4, 0.5) is 19.0 Å². The molecule has 2 aliphatic heterocycles. The second-order valence-corrected chi connectivity index (χ2v) is 10.8. The Labute approximate surface area is 233 Å². The highest BCUT2D eigenvalue weighted by Crippen LogP contribution is 2.34. The van der Waals surface area contributed by atoms with Crippen molar-refractivity contribution in [3.63, 3.8) is 0 Å². The monoisotopic (exact) mass is 573 g/mol. The van der Waals surface area contributed by atoms with Crippen LogP contribution in [-0.4, -0.2) is 61.1 Å². The van der Waals surface area contributed by atoms with Gasteiger partial charge in [0.05, 0.1) is 30.7 Å². The number of hydrogen-bond acceptors (Lipinski definition) is 7. The van der Waals surface area contributed by atoms with Gasteiger partial charge in [0.1, 0.15) is 5.82 Å². The first-order chi connectivity index (χ1) is 19.1. The maximum Gasteiger partial charge on any atom is 0.416 e. The van der Waals surface area contributed by atoms with Gasteiger partial charge in [-0.3, -0.25) is 9.59 Å². The molecular weight excluding hydrogens is 543 g/mol. The number of hydrogen-bond donors (Lipinski definition) is 2. The van der Waals surface area contributed by atoms with Gasteiger partial charge in [-0.15, -0.1) is 11.3 Å². The van der Waals surface area contributed by atoms with Crippen molar-refractivity contribution in [2.75, 3.05) is 44.3 Å². The van der Waals surface area contributed by atoms with E-state index in [9.17, 15) is 22.8 Å². The lowest BCUT2D eigenvalue weighted by atomic mass is 9.95. The third-order valence-electron chi connectivity index (χ3n) is 7.32. The summed E-state index contributed by atoms with van der Waals surface area (Å²) < 4.78 is 44.9. The molecule has 8 nitrogen and oxygen atoms in total. The topological polar surface area (TPSA) is 101 Å². The van der Waals surface area contributed by atoms with Gasteiger partial charge in [0, 0.05) is 38.1 Å². The summed E-state index contributed by atoms with van der Waals surface area (Å²) in [6.45, 7) is 5.44. The molecule has 2 amide bonds. The van der Waals surface area contributed by atoms with E-state index < -0.39 is 11.7 Å². The van der Waals surface area contributed by atoms with E-state index in [4.69, 9.17) is 10.5 Å². The van der Waals surface area contributed by atoms with Gasteiger partial charge in [-0.25, -0.2) is 4.98 Å². The van der Waals surface area contributed by atoms with Gasteiger partial charge >= 0.3 is 6.18 Å². The van der Waals surface area contributed by atoms with Crippen LogP contribution in [0.2, 0.25) is 0 Å². The lowest BCUT2D eigenvalue weighted by Gasteiger charge is -2.38. The van der Waals surface area contributed by atoms with E-state index in [2.05, 4.69) is 15.2 Å². The normalized spacial score (nSPS) is 16.9. The Morgan fingerprint density at radius 3 is 2.42 bits per heavy atom. The zero-order valence-electron chi connectivity index (χ0n) is 21.9. The van der Waals surface area contributed by atoms with Gasteiger partial charge in [0.25, 0.3) is 5.91 Å². The molecule has 1 atom stereocenters. The maximum absolute atomic E-state index is 13.2. The molecule has 0 radical (unpaired) electrons. The molecule has 3 heterocycles. The SMILES string of the molecule is C[C@@H](NC(=O)c1nc(N2CCN(C(=O)C3COC3)CC2)cs1)c1ccc(-c2cc(C(F)(F)F)ccc2CN)cc1. The molecule has 3 N–H and O–H groups in total. The zero-order valence-corrected chi connectivity index (χ0v) is 22.7. The Morgan fingerprint density at radius 1 is 1.12 bits per heavy atom. The fourth-order valence-electron chi connectivity index (χ4n) is 4.80. The zero-order chi connectivity index (χ0) is 28.4. The van der Waals surface area contributed by atoms with Gasteiger partial charge in [0.15, 0.2) is 5.01 Å². The van der Waals surface area contributed by atoms with E-state index in [0.29, 0.717) is 66.9 Å². The van der Waals surface area contributed by atoms with E-state index in [1.54, 1.807) is 24.3 Å². The molecular formula is C28H30F3N5O3S. The van der Waals surface area contributed by atoms with Crippen molar-refractivity contribution >= 4 is 29.0 Å². The number of halogens is 3. The number of anilines is 1. The highest BCUT2D eigenvalue weighted by molar-refractivity contribution is 7.12. The Kier molecular flexibility index (Phi) is 8.11. The molecule has 0 aliphatic carbocycles. The van der Waals surface area contributed by atoms with Gasteiger partial charge in [-0.05, 0) is 41.3 Å². The van der Waals surface area contributed by atoms with Crippen molar-refractivity contribution in [1.82, 2.24) is 15.2 Å². The quantitative estimate of drug-likeness (QED) is 0.442. The predicted octanol–water partition coefficient (Wildman–Crippen LogP) is 4.07. The van der Waals surface area contributed by atoms with E-state index >= 15 is 0 Å². The van der Waals surface area contributed by atoms with Crippen molar-refractivity contribution in [3.05, 3.63) is 69.5 Å². The molecule has 2 aromatic carbocycles. The second kappa shape index (κ2) is 11.6. The van der Waals surface area contributed by atoms with Crippen LogP contribution < -0.4 is 16.0 Å². The Balaban J connectivity index is 1.19. The standard InChI is InChI=1S/C28H30F3N5O3S/c1-17(18-2-4-19(5-3-18)23-12-22(28(29,30)31)7-6-20(23)13-32)33-25(37)26-34-24(16-40-26)35-8-10-36(11-9-35)27(38)21-14-39-15-21/h2-7,12,16-17,21H,8-11,13-15,32H2,1H3,(H,33,37)/t17-/m1/s1. The molecule has 1 aromatic heterocycles. The number of carbonyl (C=O) groups is 2. The van der Waals surface area contributed by atoms with Crippen molar-refractivity contribution < 1.29 is 27.5 Å². The maximum atomic E-state index is 13.2. The summed E-state index contributed by atoms with van der Waals surface area (Å²) in [7, 11) is 0. The number of nitrogens with two attached hydrogens (primary N) is 1. The van der Waals surface area contributed by atoms with Crippen LogP contribution in [0.5, 0.6) is 0 Å². The first-order valence-electron chi connectivity index (χ1n) is 13.0. The van der Waals surface area contributed by atoms with Gasteiger partial charge < -0.3 is 25.6 Å². The molecule has 0 spiro atoms. The number of nitrogens with one attached hydrogen (secondary N) is 1. The largest absolute Gasteiger partial charge is 0.416 e. The van der Waals surface area contributed by atoms with Crippen LogP contribution in [0.25, 0.3) is 11.1 Å². The smallest absolute Gasteiger partial charge is 0.380 e. The lowest BCUT2D eigenvalue weighted by Crippen LogP contribution is -2.53. The summed E-state index contributed by atoms with van der Waals surface area (Å²) in [4.78, 5) is 33.8. The number of aromatic nitrogens is 1. The van der Waals surface area contributed by atoms with Crippen LogP contribution >= 0.6 is 11.3 Å². The first kappa shape index (κ1) is 28.1. The molecule has 5 rings (SSSR count). The molecule has 40 heavy (non-hydrogen) atoms. The summed E-state index contributed by atoms with van der Waals surface area (Å²) in [5, 5.41) is 5.12. The molecule has 12 heteroatoms. The summed E-state index contributed by atoms with van der Waals surface area (Å²) in [6, 6.07) is 10.2. The van der Waals surface area contributed by atoms with Crippen LogP contribution in [0.15, 0.2) is 47.8 Å². The molecule has 0 saturated carbocycles. The number of amides is 2. The average Bonchev–Trinajstić information content (AvgIpc) is 3.42. The second-order valence-electron chi connectivity index (χ2n) is 9.95. The fourth-order valence-corrected chi connectivity index (χ4v) is 5.53. The van der Waals surface area contributed by atoms with Crippen molar-refractivity contribution in [2.45, 2.75) is 25.7 Å². The Morgan fingerprint density at radius 2 is 1.82 bits per heavy atom. The third-order valence-corrected chi connectivity index (χ3v) is 8.14. The predicted molar refractivity (Wildman–Crippen MR) is 146 cm³/mol. The minimum Gasteiger partial charge on any atom is -0.380 e. The third kappa shape index (κ3) is 5.98. The highest BCUT2D eigenvalue weighted by Gasteiger charge is 2.33. The molecule has 2 saturated heterocycles. The highest BCUT2D eigenvalue weighted by atomic mass is 32.1. The molecule has 212 valence electrons. The Bertz CT molecular complexity index is 1370. The number of carbonyl (C=O) groups excluding carboxylic acids is 2. The number of alkyl halides is 3. The van der Waals surface area contributed by atoms with Crippen molar-refractivity contribution in [2.24, 2.45) is 11.7 Å². The van der Waals surface area contributed by atoms with Gasteiger partial charge in [-0.1, -0.05) is 30.3 Å². The van der Waals surface area contributed by atoms with Gasteiger partial charge in [0.2, 0.25) is 5.91 Å². The summed E-state index contributed by atoms with van der Waals surface area (Å²) in [5.74, 6) is 0.516. The van der Waals surface area contributed by atoms with E-state index in [1.165, 1.54) is 17.4 Å². The number of benzene rings is 2. The number of ether oxygens (including phenoxy) is 1. The van der Waals surface area contributed by atoms with E-state index in [1.807, 2.05) is 17.2 Å². The summed E-state index contributed by atoms with van der Waals surface area (Å²) >= 11 is 1.25.